The third-order valence-corrected chi connectivity index (χ3v) is 5.69. The quantitative estimate of drug-likeness (QED) is 0.686. The third-order valence-electron chi connectivity index (χ3n) is 5.03. The molecule has 0 heterocycles. The van der Waals surface area contributed by atoms with Crippen molar-refractivity contribution >= 4 is 40.8 Å². The molecule has 0 unspecified atom stereocenters. The summed E-state index contributed by atoms with van der Waals surface area (Å²) < 4.78 is 5.38. The topological polar surface area (TPSA) is 55.4 Å². The number of esters is 1. The molecule has 1 amide bonds. The number of hydrogen-bond acceptors (Lipinski definition) is 3. The minimum absolute atomic E-state index is 0.334. The van der Waals surface area contributed by atoms with Crippen molar-refractivity contribution in [1.29, 1.82) is 0 Å². The first-order valence-corrected chi connectivity index (χ1v) is 9.66. The molecular formula is C21H21Cl2NO3. The second-order valence-electron chi connectivity index (χ2n) is 6.88. The van der Waals surface area contributed by atoms with E-state index >= 15 is 0 Å². The van der Waals surface area contributed by atoms with Gasteiger partial charge in [0.15, 0.2) is 6.61 Å². The summed E-state index contributed by atoms with van der Waals surface area (Å²) >= 11 is 12.0. The summed E-state index contributed by atoms with van der Waals surface area (Å²) in [4.78, 5) is 25.0. The number of nitrogens with one attached hydrogen (secondary N) is 1. The fourth-order valence-corrected chi connectivity index (χ4v) is 3.80. The smallest absolute Gasteiger partial charge is 0.317 e. The number of carbonyl (C=O) groups is 2. The number of rotatable bonds is 5. The molecule has 0 aliphatic heterocycles. The lowest BCUT2D eigenvalue weighted by Crippen LogP contribution is -2.36. The Morgan fingerprint density at radius 2 is 1.74 bits per heavy atom. The molecule has 0 radical (unpaired) electrons. The van der Waals surface area contributed by atoms with Crippen LogP contribution in [-0.2, 0) is 19.7 Å². The Hall–Kier alpha value is -2.04. The molecule has 4 nitrogen and oxygen atoms in total. The predicted octanol–water partition coefficient (Wildman–Crippen LogP) is 5.30. The summed E-state index contributed by atoms with van der Waals surface area (Å²) in [5, 5.41) is 3.89. The lowest BCUT2D eigenvalue weighted by molar-refractivity contribution is -0.153. The van der Waals surface area contributed by atoms with Gasteiger partial charge in [-0.15, -0.1) is 0 Å². The van der Waals surface area contributed by atoms with Gasteiger partial charge in [-0.2, -0.15) is 0 Å². The van der Waals surface area contributed by atoms with Gasteiger partial charge in [0.25, 0.3) is 5.91 Å². The summed E-state index contributed by atoms with van der Waals surface area (Å²) in [5.41, 5.74) is 1.69. The van der Waals surface area contributed by atoms with Crippen LogP contribution in [0.1, 0.15) is 36.8 Å². The van der Waals surface area contributed by atoms with Crippen LogP contribution in [0.5, 0.6) is 0 Å². The Kier molecular flexibility index (Phi) is 6.08. The van der Waals surface area contributed by atoms with E-state index in [9.17, 15) is 9.59 Å². The molecule has 1 fully saturated rings. The molecule has 6 heteroatoms. The van der Waals surface area contributed by atoms with Crippen LogP contribution in [0.25, 0.3) is 0 Å². The average Bonchev–Trinajstić information content (AvgIpc) is 3.14. The van der Waals surface area contributed by atoms with Crippen molar-refractivity contribution < 1.29 is 14.3 Å². The average molecular weight is 406 g/mol. The van der Waals surface area contributed by atoms with Crippen LogP contribution < -0.4 is 5.32 Å². The van der Waals surface area contributed by atoms with E-state index in [2.05, 4.69) is 5.32 Å². The van der Waals surface area contributed by atoms with E-state index in [1.807, 2.05) is 25.1 Å². The zero-order chi connectivity index (χ0) is 19.4. The zero-order valence-electron chi connectivity index (χ0n) is 15.1. The van der Waals surface area contributed by atoms with E-state index in [1.54, 1.807) is 24.3 Å². The maximum atomic E-state index is 12.9. The highest BCUT2D eigenvalue weighted by Crippen LogP contribution is 2.42. The largest absolute Gasteiger partial charge is 0.455 e. The molecule has 1 saturated carbocycles. The van der Waals surface area contributed by atoms with E-state index in [0.717, 1.165) is 24.0 Å². The van der Waals surface area contributed by atoms with Crippen molar-refractivity contribution in [1.82, 2.24) is 0 Å². The summed E-state index contributed by atoms with van der Waals surface area (Å²) in [7, 11) is 0. The van der Waals surface area contributed by atoms with Gasteiger partial charge >= 0.3 is 5.97 Å². The van der Waals surface area contributed by atoms with E-state index in [-0.39, 0.29) is 12.6 Å². The monoisotopic (exact) mass is 405 g/mol. The molecule has 1 aliphatic carbocycles. The fourth-order valence-electron chi connectivity index (χ4n) is 3.50. The molecule has 0 atom stereocenters. The van der Waals surface area contributed by atoms with Gasteiger partial charge in [0.1, 0.15) is 0 Å². The van der Waals surface area contributed by atoms with Crippen LogP contribution in [0.2, 0.25) is 10.0 Å². The SMILES string of the molecule is Cc1ccc(NC(=O)COC(=O)C2(c3ccc(Cl)cc3)CCCC2)cc1Cl. The Morgan fingerprint density at radius 3 is 2.37 bits per heavy atom. The molecule has 0 aromatic heterocycles. The highest BCUT2D eigenvalue weighted by Gasteiger charge is 2.44. The van der Waals surface area contributed by atoms with E-state index in [4.69, 9.17) is 27.9 Å². The number of benzene rings is 2. The normalized spacial score (nSPS) is 15.4. The van der Waals surface area contributed by atoms with Crippen molar-refractivity contribution in [2.45, 2.75) is 38.0 Å². The molecule has 1 aliphatic rings. The van der Waals surface area contributed by atoms with Crippen molar-refractivity contribution in [3.8, 4) is 0 Å². The van der Waals surface area contributed by atoms with Crippen molar-refractivity contribution in [3.05, 3.63) is 63.6 Å². The number of hydrogen-bond donors (Lipinski definition) is 1. The predicted molar refractivity (Wildman–Crippen MR) is 107 cm³/mol. The maximum absolute atomic E-state index is 12.9. The van der Waals surface area contributed by atoms with Gasteiger partial charge < -0.3 is 10.1 Å². The molecule has 2 aromatic rings. The molecule has 0 saturated heterocycles. The minimum Gasteiger partial charge on any atom is -0.455 e. The Bertz CT molecular complexity index is 843. The number of anilines is 1. The summed E-state index contributed by atoms with van der Waals surface area (Å²) in [6.07, 6.45) is 3.32. The number of amides is 1. The van der Waals surface area contributed by atoms with Gasteiger partial charge in [-0.3, -0.25) is 9.59 Å². The fraction of sp³-hybridized carbons (Fsp3) is 0.333. The van der Waals surface area contributed by atoms with Gasteiger partial charge in [-0.1, -0.05) is 54.2 Å². The molecule has 1 N–H and O–H groups in total. The van der Waals surface area contributed by atoms with Crippen molar-refractivity contribution in [2.75, 3.05) is 11.9 Å². The molecule has 0 spiro atoms. The highest BCUT2D eigenvalue weighted by atomic mass is 35.5. The van der Waals surface area contributed by atoms with E-state index in [0.29, 0.717) is 28.6 Å². The molecule has 3 rings (SSSR count). The Morgan fingerprint density at radius 1 is 1.07 bits per heavy atom. The number of ether oxygens (including phenoxy) is 1. The van der Waals surface area contributed by atoms with Crippen LogP contribution in [0.3, 0.4) is 0 Å². The van der Waals surface area contributed by atoms with E-state index in [1.165, 1.54) is 0 Å². The number of halogens is 2. The first-order chi connectivity index (χ1) is 12.9. The Balaban J connectivity index is 1.65. The van der Waals surface area contributed by atoms with Gasteiger partial charge in [0.2, 0.25) is 0 Å². The van der Waals surface area contributed by atoms with Crippen LogP contribution in [0.4, 0.5) is 5.69 Å². The summed E-state index contributed by atoms with van der Waals surface area (Å²) in [6, 6.07) is 12.5. The van der Waals surface area contributed by atoms with Gasteiger partial charge in [0, 0.05) is 15.7 Å². The molecule has 0 bridgehead atoms. The zero-order valence-corrected chi connectivity index (χ0v) is 16.6. The van der Waals surface area contributed by atoms with Crippen LogP contribution in [-0.4, -0.2) is 18.5 Å². The molecule has 2 aromatic carbocycles. The van der Waals surface area contributed by atoms with Gasteiger partial charge in [0.05, 0.1) is 5.41 Å². The molecular weight excluding hydrogens is 385 g/mol. The summed E-state index contributed by atoms with van der Waals surface area (Å²) in [5.74, 6) is -0.757. The first kappa shape index (κ1) is 19.7. The van der Waals surface area contributed by atoms with E-state index < -0.39 is 11.3 Å². The Labute approximate surface area is 168 Å². The third kappa shape index (κ3) is 4.45. The second kappa shape index (κ2) is 8.32. The highest BCUT2D eigenvalue weighted by molar-refractivity contribution is 6.31. The molecule has 27 heavy (non-hydrogen) atoms. The van der Waals surface area contributed by atoms with Crippen LogP contribution in [0.15, 0.2) is 42.5 Å². The van der Waals surface area contributed by atoms with Crippen LogP contribution in [0, 0.1) is 6.92 Å². The molecule has 142 valence electrons. The number of carbonyl (C=O) groups excluding carboxylic acids is 2. The lowest BCUT2D eigenvalue weighted by Gasteiger charge is -2.27. The maximum Gasteiger partial charge on any atom is 0.317 e. The van der Waals surface area contributed by atoms with Gasteiger partial charge in [-0.25, -0.2) is 0 Å². The van der Waals surface area contributed by atoms with Gasteiger partial charge in [-0.05, 0) is 55.2 Å². The lowest BCUT2D eigenvalue weighted by atomic mass is 9.79. The van der Waals surface area contributed by atoms with Crippen molar-refractivity contribution in [2.24, 2.45) is 0 Å². The first-order valence-electron chi connectivity index (χ1n) is 8.90. The summed E-state index contributed by atoms with van der Waals surface area (Å²) in [6.45, 7) is 1.55. The minimum atomic E-state index is -0.696. The van der Waals surface area contributed by atoms with Crippen LogP contribution >= 0.6 is 23.2 Å². The van der Waals surface area contributed by atoms with Crippen molar-refractivity contribution in [3.63, 3.8) is 0 Å². The second-order valence-corrected chi connectivity index (χ2v) is 7.73. The number of aryl methyl sites for hydroxylation is 1. The standard InChI is InChI=1S/C21H21Cl2NO3/c1-14-4-9-17(12-18(14)23)24-19(25)13-27-20(26)21(10-2-3-11-21)15-5-7-16(22)8-6-15/h4-9,12H,2-3,10-11,13H2,1H3,(H,24,25).